The van der Waals surface area contributed by atoms with E-state index < -0.39 is 5.97 Å². The average Bonchev–Trinajstić information content (AvgIpc) is 2.24. The molecule has 1 atom stereocenters. The second-order valence-corrected chi connectivity index (χ2v) is 4.39. The summed E-state index contributed by atoms with van der Waals surface area (Å²) in [5.41, 5.74) is 0. The third kappa shape index (κ3) is 4.61. The van der Waals surface area contributed by atoms with Gasteiger partial charge in [-0.2, -0.15) is 0 Å². The van der Waals surface area contributed by atoms with Crippen molar-refractivity contribution in [1.29, 1.82) is 0 Å². The Morgan fingerprint density at radius 2 is 2.25 bits per heavy atom. The first-order valence-electron chi connectivity index (χ1n) is 5.77. The smallest absolute Gasteiger partial charge is 0.303 e. The fraction of sp³-hybridized carbons (Fsp3) is 0.818. The number of aliphatic carboxylic acids is 1. The molecule has 0 bridgehead atoms. The van der Waals surface area contributed by atoms with Gasteiger partial charge in [0.2, 0.25) is 5.91 Å². The quantitative estimate of drug-likeness (QED) is 0.664. The second kappa shape index (κ2) is 6.48. The predicted octanol–water partition coefficient (Wildman–Crippen LogP) is 0.309. The summed E-state index contributed by atoms with van der Waals surface area (Å²) in [6, 6.07) is 0. The van der Waals surface area contributed by atoms with Crippen molar-refractivity contribution in [2.24, 2.45) is 5.92 Å². The number of carboxylic acid groups (broad SMARTS) is 1. The fourth-order valence-electron chi connectivity index (χ4n) is 1.98. The van der Waals surface area contributed by atoms with Crippen LogP contribution in [0.1, 0.15) is 25.7 Å². The topological polar surface area (TPSA) is 69.6 Å². The van der Waals surface area contributed by atoms with E-state index in [2.05, 4.69) is 10.2 Å². The van der Waals surface area contributed by atoms with Crippen molar-refractivity contribution >= 4 is 11.9 Å². The monoisotopic (exact) mass is 228 g/mol. The van der Waals surface area contributed by atoms with Crippen LogP contribution in [0.5, 0.6) is 0 Å². The van der Waals surface area contributed by atoms with Gasteiger partial charge in [0, 0.05) is 19.5 Å². The van der Waals surface area contributed by atoms with E-state index >= 15 is 0 Å². The van der Waals surface area contributed by atoms with Gasteiger partial charge >= 0.3 is 5.97 Å². The molecule has 0 radical (unpaired) electrons. The van der Waals surface area contributed by atoms with E-state index in [9.17, 15) is 9.59 Å². The summed E-state index contributed by atoms with van der Waals surface area (Å²) in [6.45, 7) is 2.33. The summed E-state index contributed by atoms with van der Waals surface area (Å²) in [5, 5.41) is 11.2. The van der Waals surface area contributed by atoms with Crippen LogP contribution in [0.15, 0.2) is 0 Å². The Kier molecular flexibility index (Phi) is 5.25. The molecule has 1 fully saturated rings. The Morgan fingerprint density at radius 3 is 2.88 bits per heavy atom. The van der Waals surface area contributed by atoms with Crippen LogP contribution in [-0.2, 0) is 9.59 Å². The predicted molar refractivity (Wildman–Crippen MR) is 60.1 cm³/mol. The minimum Gasteiger partial charge on any atom is -0.481 e. The SMILES string of the molecule is CN1CCCC(C(=O)NCCCC(=O)O)C1. The second-order valence-electron chi connectivity index (χ2n) is 4.39. The lowest BCUT2D eigenvalue weighted by Gasteiger charge is -2.28. The fourth-order valence-corrected chi connectivity index (χ4v) is 1.98. The number of hydrogen-bond acceptors (Lipinski definition) is 3. The Labute approximate surface area is 95.8 Å². The molecule has 1 saturated heterocycles. The van der Waals surface area contributed by atoms with E-state index in [-0.39, 0.29) is 18.2 Å². The van der Waals surface area contributed by atoms with Crippen LogP contribution in [0.25, 0.3) is 0 Å². The molecule has 0 aromatic heterocycles. The Balaban J connectivity index is 2.16. The van der Waals surface area contributed by atoms with Crippen LogP contribution >= 0.6 is 0 Å². The Morgan fingerprint density at radius 1 is 1.50 bits per heavy atom. The van der Waals surface area contributed by atoms with Gasteiger partial charge in [-0.3, -0.25) is 9.59 Å². The van der Waals surface area contributed by atoms with Crippen molar-refractivity contribution in [2.75, 3.05) is 26.7 Å². The molecule has 1 unspecified atom stereocenters. The summed E-state index contributed by atoms with van der Waals surface area (Å²) in [6.07, 6.45) is 2.62. The van der Waals surface area contributed by atoms with Gasteiger partial charge in [0.25, 0.3) is 0 Å². The van der Waals surface area contributed by atoms with Crippen molar-refractivity contribution in [2.45, 2.75) is 25.7 Å². The Hall–Kier alpha value is -1.10. The molecule has 1 heterocycles. The van der Waals surface area contributed by atoms with E-state index in [4.69, 9.17) is 5.11 Å². The number of carbonyl (C=O) groups excluding carboxylic acids is 1. The van der Waals surface area contributed by atoms with Crippen LogP contribution in [0.4, 0.5) is 0 Å². The molecule has 0 saturated carbocycles. The molecule has 92 valence electrons. The van der Waals surface area contributed by atoms with Crippen molar-refractivity contribution in [1.82, 2.24) is 10.2 Å². The van der Waals surface area contributed by atoms with Gasteiger partial charge in [-0.1, -0.05) is 0 Å². The lowest BCUT2D eigenvalue weighted by atomic mass is 9.97. The first-order valence-corrected chi connectivity index (χ1v) is 5.77. The number of likely N-dealkylation sites (tertiary alicyclic amines) is 1. The van der Waals surface area contributed by atoms with Gasteiger partial charge in [-0.15, -0.1) is 0 Å². The number of carboxylic acids is 1. The van der Waals surface area contributed by atoms with Crippen molar-refractivity contribution in [3.05, 3.63) is 0 Å². The first kappa shape index (κ1) is 13.0. The van der Waals surface area contributed by atoms with Crippen molar-refractivity contribution in [3.63, 3.8) is 0 Å². The molecule has 5 nitrogen and oxygen atoms in total. The highest BCUT2D eigenvalue weighted by Gasteiger charge is 2.23. The lowest BCUT2D eigenvalue weighted by Crippen LogP contribution is -2.41. The van der Waals surface area contributed by atoms with Gasteiger partial charge in [0.15, 0.2) is 0 Å². The number of amides is 1. The molecule has 0 aliphatic carbocycles. The van der Waals surface area contributed by atoms with Crippen LogP contribution in [0, 0.1) is 5.92 Å². The lowest BCUT2D eigenvalue weighted by molar-refractivity contribution is -0.137. The molecule has 1 rings (SSSR count). The summed E-state index contributed by atoms with van der Waals surface area (Å²) in [4.78, 5) is 24.1. The zero-order valence-corrected chi connectivity index (χ0v) is 9.74. The molecule has 1 aliphatic rings. The molecule has 1 aliphatic heterocycles. The van der Waals surface area contributed by atoms with E-state index in [0.29, 0.717) is 13.0 Å². The normalized spacial score (nSPS) is 21.7. The molecule has 0 aromatic carbocycles. The highest BCUT2D eigenvalue weighted by molar-refractivity contribution is 5.79. The first-order chi connectivity index (χ1) is 7.59. The maximum atomic E-state index is 11.7. The van der Waals surface area contributed by atoms with Crippen molar-refractivity contribution in [3.8, 4) is 0 Å². The number of nitrogens with zero attached hydrogens (tertiary/aromatic N) is 1. The third-order valence-electron chi connectivity index (χ3n) is 2.86. The zero-order valence-electron chi connectivity index (χ0n) is 9.74. The summed E-state index contributed by atoms with van der Waals surface area (Å²) in [5.74, 6) is -0.674. The third-order valence-corrected chi connectivity index (χ3v) is 2.86. The molecule has 16 heavy (non-hydrogen) atoms. The van der Waals surface area contributed by atoms with Gasteiger partial charge in [0.1, 0.15) is 0 Å². The molecular weight excluding hydrogens is 208 g/mol. The largest absolute Gasteiger partial charge is 0.481 e. The van der Waals surface area contributed by atoms with Crippen LogP contribution in [-0.4, -0.2) is 48.6 Å². The molecule has 1 amide bonds. The minimum absolute atomic E-state index is 0.0666. The number of carbonyl (C=O) groups is 2. The molecular formula is C11H20N2O3. The maximum absolute atomic E-state index is 11.7. The van der Waals surface area contributed by atoms with Gasteiger partial charge < -0.3 is 15.3 Å². The van der Waals surface area contributed by atoms with Gasteiger partial charge in [-0.25, -0.2) is 0 Å². The summed E-state index contributed by atoms with van der Waals surface area (Å²) >= 11 is 0. The van der Waals surface area contributed by atoms with E-state index in [0.717, 1.165) is 25.9 Å². The zero-order chi connectivity index (χ0) is 12.0. The standard InChI is InChI=1S/C11H20N2O3/c1-13-7-3-4-9(8-13)11(16)12-6-2-5-10(14)15/h9H,2-8H2,1H3,(H,12,16)(H,14,15). The Bertz CT molecular complexity index is 256. The molecule has 5 heteroatoms. The maximum Gasteiger partial charge on any atom is 0.303 e. The number of hydrogen-bond donors (Lipinski definition) is 2. The average molecular weight is 228 g/mol. The summed E-state index contributed by atoms with van der Waals surface area (Å²) in [7, 11) is 2.02. The molecule has 0 aromatic rings. The van der Waals surface area contributed by atoms with Crippen molar-refractivity contribution < 1.29 is 14.7 Å². The number of piperidine rings is 1. The van der Waals surface area contributed by atoms with Crippen LogP contribution in [0.3, 0.4) is 0 Å². The minimum atomic E-state index is -0.813. The van der Waals surface area contributed by atoms with Gasteiger partial charge in [-0.05, 0) is 32.9 Å². The molecule has 0 spiro atoms. The summed E-state index contributed by atoms with van der Waals surface area (Å²) < 4.78 is 0. The van der Waals surface area contributed by atoms with Crippen LogP contribution < -0.4 is 5.32 Å². The number of rotatable bonds is 5. The van der Waals surface area contributed by atoms with Crippen LogP contribution in [0.2, 0.25) is 0 Å². The highest BCUT2D eigenvalue weighted by Crippen LogP contribution is 2.14. The van der Waals surface area contributed by atoms with E-state index in [1.807, 2.05) is 7.05 Å². The van der Waals surface area contributed by atoms with Gasteiger partial charge in [0.05, 0.1) is 5.92 Å². The number of nitrogens with one attached hydrogen (secondary N) is 1. The highest BCUT2D eigenvalue weighted by atomic mass is 16.4. The van der Waals surface area contributed by atoms with E-state index in [1.165, 1.54) is 0 Å². The molecule has 2 N–H and O–H groups in total. The van der Waals surface area contributed by atoms with E-state index in [1.54, 1.807) is 0 Å².